The minimum absolute atomic E-state index is 0.274. The molecule has 158 valence electrons. The number of rotatable bonds is 4. The van der Waals surface area contributed by atoms with E-state index in [1.807, 2.05) is 56.4 Å². The van der Waals surface area contributed by atoms with Crippen LogP contribution in [0.15, 0.2) is 47.4 Å². The number of benzene rings is 1. The van der Waals surface area contributed by atoms with Crippen LogP contribution in [-0.2, 0) is 13.6 Å². The molecule has 0 aliphatic rings. The lowest BCUT2D eigenvalue weighted by molar-refractivity contribution is 0.396. The molecule has 0 unspecified atom stereocenters. The van der Waals surface area contributed by atoms with Crippen molar-refractivity contribution < 1.29 is 0 Å². The molecule has 0 aliphatic carbocycles. The van der Waals surface area contributed by atoms with E-state index in [0.717, 1.165) is 26.2 Å². The van der Waals surface area contributed by atoms with Gasteiger partial charge in [0.2, 0.25) is 0 Å². The normalized spacial score (nSPS) is 11.5. The van der Waals surface area contributed by atoms with Crippen LogP contribution in [0.3, 0.4) is 0 Å². The van der Waals surface area contributed by atoms with Crippen molar-refractivity contribution in [1.82, 2.24) is 29.9 Å². The molecule has 0 amide bonds. The Kier molecular flexibility index (Phi) is 4.81. The SMILES string of the molecule is CN(C)Cc1n[nH]c(=O)c2ccc(-c3cnn(C)c3-c3sc4ccccc4c3C#N)nc12. The van der Waals surface area contributed by atoms with E-state index in [1.54, 1.807) is 28.3 Å². The van der Waals surface area contributed by atoms with Crippen LogP contribution in [0.4, 0.5) is 0 Å². The van der Waals surface area contributed by atoms with Crippen LogP contribution in [0.2, 0.25) is 0 Å². The molecule has 4 aromatic heterocycles. The summed E-state index contributed by atoms with van der Waals surface area (Å²) in [5.41, 5.74) is 3.90. The fourth-order valence-corrected chi connectivity index (χ4v) is 5.11. The van der Waals surface area contributed by atoms with Crippen molar-refractivity contribution in [2.45, 2.75) is 6.54 Å². The number of aromatic nitrogens is 5. The number of thiophene rings is 1. The van der Waals surface area contributed by atoms with E-state index < -0.39 is 0 Å². The van der Waals surface area contributed by atoms with Crippen molar-refractivity contribution >= 4 is 32.3 Å². The number of H-pyrrole nitrogens is 1. The summed E-state index contributed by atoms with van der Waals surface area (Å²) in [6.07, 6.45) is 1.75. The Bertz CT molecular complexity index is 1590. The zero-order valence-corrected chi connectivity index (χ0v) is 18.6. The van der Waals surface area contributed by atoms with Gasteiger partial charge in [0.25, 0.3) is 5.56 Å². The van der Waals surface area contributed by atoms with Crippen molar-refractivity contribution in [1.29, 1.82) is 5.26 Å². The van der Waals surface area contributed by atoms with Crippen LogP contribution in [-0.4, -0.2) is 44.0 Å². The number of nitriles is 1. The van der Waals surface area contributed by atoms with Crippen LogP contribution >= 0.6 is 11.3 Å². The number of nitrogens with one attached hydrogen (secondary N) is 1. The lowest BCUT2D eigenvalue weighted by atomic mass is 10.1. The van der Waals surface area contributed by atoms with Gasteiger partial charge in [-0.2, -0.15) is 15.5 Å². The van der Waals surface area contributed by atoms with Gasteiger partial charge in [0, 0.05) is 29.2 Å². The molecule has 1 aromatic carbocycles. The first-order valence-corrected chi connectivity index (χ1v) is 10.8. The molecule has 0 fully saturated rings. The van der Waals surface area contributed by atoms with E-state index in [9.17, 15) is 10.1 Å². The van der Waals surface area contributed by atoms with Crippen molar-refractivity contribution in [2.24, 2.45) is 7.05 Å². The molecule has 0 spiro atoms. The molecule has 0 atom stereocenters. The molecule has 1 N–H and O–H groups in total. The predicted molar refractivity (Wildman–Crippen MR) is 125 cm³/mol. The van der Waals surface area contributed by atoms with E-state index in [2.05, 4.69) is 21.4 Å². The van der Waals surface area contributed by atoms with Gasteiger partial charge in [-0.1, -0.05) is 18.2 Å². The Morgan fingerprint density at radius 3 is 2.78 bits per heavy atom. The monoisotopic (exact) mass is 441 g/mol. The lowest BCUT2D eigenvalue weighted by Gasteiger charge is -2.11. The first kappa shape index (κ1) is 20.1. The maximum atomic E-state index is 12.3. The lowest BCUT2D eigenvalue weighted by Crippen LogP contribution is -2.17. The standard InChI is InChI=1S/C23H19N7OS/c1-29(2)12-18-20-14(23(31)28-27-18)8-9-17(26-20)16-11-25-30(3)21(16)22-15(10-24)13-6-4-5-7-19(13)32-22/h4-9,11H,12H2,1-3H3,(H,28,31). The molecule has 4 heterocycles. The van der Waals surface area contributed by atoms with Crippen LogP contribution in [0, 0.1) is 11.3 Å². The highest BCUT2D eigenvalue weighted by Crippen LogP contribution is 2.41. The summed E-state index contributed by atoms with van der Waals surface area (Å²) in [5.74, 6) is 0. The highest BCUT2D eigenvalue weighted by atomic mass is 32.1. The van der Waals surface area contributed by atoms with E-state index in [0.29, 0.717) is 34.4 Å². The van der Waals surface area contributed by atoms with Crippen LogP contribution in [0.5, 0.6) is 0 Å². The number of nitrogens with zero attached hydrogens (tertiary/aromatic N) is 6. The average molecular weight is 442 g/mol. The first-order chi connectivity index (χ1) is 15.5. The molecule has 8 nitrogen and oxygen atoms in total. The third-order valence-electron chi connectivity index (χ3n) is 5.31. The van der Waals surface area contributed by atoms with Gasteiger partial charge in [0.1, 0.15) is 17.3 Å². The van der Waals surface area contributed by atoms with Crippen molar-refractivity contribution in [3.63, 3.8) is 0 Å². The zero-order chi connectivity index (χ0) is 22.4. The molecule has 0 saturated carbocycles. The third-order valence-corrected chi connectivity index (χ3v) is 6.49. The van der Waals surface area contributed by atoms with Gasteiger partial charge in [0.15, 0.2) is 0 Å². The number of fused-ring (bicyclic) bond motifs is 2. The van der Waals surface area contributed by atoms with Gasteiger partial charge in [-0.15, -0.1) is 11.3 Å². The minimum Gasteiger partial charge on any atom is -0.303 e. The summed E-state index contributed by atoms with van der Waals surface area (Å²) >= 11 is 1.56. The van der Waals surface area contributed by atoms with E-state index >= 15 is 0 Å². The second kappa shape index (κ2) is 7.67. The second-order valence-corrected chi connectivity index (χ2v) is 8.83. The quantitative estimate of drug-likeness (QED) is 0.458. The highest BCUT2D eigenvalue weighted by molar-refractivity contribution is 7.22. The number of hydrogen-bond acceptors (Lipinski definition) is 7. The maximum absolute atomic E-state index is 12.3. The number of aryl methyl sites for hydroxylation is 1. The highest BCUT2D eigenvalue weighted by Gasteiger charge is 2.22. The second-order valence-electron chi connectivity index (χ2n) is 7.77. The zero-order valence-electron chi connectivity index (χ0n) is 17.7. The molecular weight excluding hydrogens is 422 g/mol. The summed E-state index contributed by atoms with van der Waals surface area (Å²) in [4.78, 5) is 20.0. The minimum atomic E-state index is -0.274. The summed E-state index contributed by atoms with van der Waals surface area (Å²) in [6, 6.07) is 13.8. The van der Waals surface area contributed by atoms with Crippen molar-refractivity contribution in [3.8, 4) is 27.9 Å². The molecule has 32 heavy (non-hydrogen) atoms. The molecule has 9 heteroatoms. The summed E-state index contributed by atoms with van der Waals surface area (Å²) in [5, 5.41) is 22.6. The fraction of sp³-hybridized carbons (Fsp3) is 0.174. The third kappa shape index (κ3) is 3.17. The van der Waals surface area contributed by atoms with Gasteiger partial charge >= 0.3 is 0 Å². The molecule has 0 aliphatic heterocycles. The van der Waals surface area contributed by atoms with E-state index in [-0.39, 0.29) is 5.56 Å². The van der Waals surface area contributed by atoms with Crippen LogP contribution in [0.25, 0.3) is 42.8 Å². The fourth-order valence-electron chi connectivity index (χ4n) is 3.87. The average Bonchev–Trinajstić information content (AvgIpc) is 3.34. The number of aromatic amines is 1. The maximum Gasteiger partial charge on any atom is 0.273 e. The van der Waals surface area contributed by atoms with Crippen molar-refractivity contribution in [3.05, 3.63) is 64.2 Å². The smallest absolute Gasteiger partial charge is 0.273 e. The molecule has 0 bridgehead atoms. The number of pyridine rings is 1. The first-order valence-electron chi connectivity index (χ1n) is 9.95. The van der Waals surface area contributed by atoms with Crippen LogP contribution in [0.1, 0.15) is 11.3 Å². The van der Waals surface area contributed by atoms with Gasteiger partial charge in [-0.05, 0) is 32.3 Å². The Morgan fingerprint density at radius 1 is 1.19 bits per heavy atom. The molecular formula is C23H19N7OS. The summed E-state index contributed by atoms with van der Waals surface area (Å²) in [6.45, 7) is 0.540. The topological polar surface area (TPSA) is 103 Å². The Balaban J connectivity index is 1.75. The van der Waals surface area contributed by atoms with Crippen LogP contribution < -0.4 is 5.56 Å². The molecule has 0 saturated heterocycles. The molecule has 5 aromatic rings. The van der Waals surface area contributed by atoms with E-state index in [4.69, 9.17) is 4.98 Å². The Hall–Kier alpha value is -3.87. The largest absolute Gasteiger partial charge is 0.303 e. The molecule has 5 rings (SSSR count). The Labute approximate surface area is 187 Å². The predicted octanol–water partition coefficient (Wildman–Crippen LogP) is 3.53. The van der Waals surface area contributed by atoms with Gasteiger partial charge < -0.3 is 4.90 Å². The van der Waals surface area contributed by atoms with Crippen molar-refractivity contribution in [2.75, 3.05) is 14.1 Å². The van der Waals surface area contributed by atoms with Gasteiger partial charge in [-0.3, -0.25) is 9.48 Å². The Morgan fingerprint density at radius 2 is 2.00 bits per heavy atom. The molecule has 0 radical (unpaired) electrons. The van der Waals surface area contributed by atoms with Gasteiger partial charge in [-0.25, -0.2) is 10.1 Å². The van der Waals surface area contributed by atoms with Gasteiger partial charge in [0.05, 0.1) is 33.4 Å². The van der Waals surface area contributed by atoms with E-state index in [1.165, 1.54) is 0 Å². The number of hydrogen-bond donors (Lipinski definition) is 1. The summed E-state index contributed by atoms with van der Waals surface area (Å²) < 4.78 is 2.81. The summed E-state index contributed by atoms with van der Waals surface area (Å²) in [7, 11) is 5.73.